The summed E-state index contributed by atoms with van der Waals surface area (Å²) < 4.78 is 5.41. The van der Waals surface area contributed by atoms with Gasteiger partial charge in [-0.2, -0.15) is 0 Å². The highest BCUT2D eigenvalue weighted by Gasteiger charge is 2.13. The lowest BCUT2D eigenvalue weighted by Crippen LogP contribution is -2.27. The Labute approximate surface area is 67.7 Å². The third-order valence-electron chi connectivity index (χ3n) is 1.91. The molecule has 2 N–H and O–H groups in total. The zero-order valence-corrected chi connectivity index (χ0v) is 6.88. The van der Waals surface area contributed by atoms with Crippen LogP contribution in [0.1, 0.15) is 19.3 Å². The predicted octanol–water partition coefficient (Wildman–Crippen LogP) is 0.137. The number of ether oxygens (including phenoxy) is 1. The minimum Gasteiger partial charge on any atom is -0.396 e. The molecule has 3 nitrogen and oxygen atoms in total. The normalized spacial score (nSPS) is 24.3. The number of hydrogen-bond acceptors (Lipinski definition) is 3. The third kappa shape index (κ3) is 3.70. The topological polar surface area (TPSA) is 41.5 Å². The van der Waals surface area contributed by atoms with E-state index >= 15 is 0 Å². The first kappa shape index (κ1) is 8.97. The van der Waals surface area contributed by atoms with E-state index in [2.05, 4.69) is 5.32 Å². The van der Waals surface area contributed by atoms with E-state index in [9.17, 15) is 0 Å². The van der Waals surface area contributed by atoms with Crippen LogP contribution in [0.15, 0.2) is 0 Å². The van der Waals surface area contributed by atoms with Crippen molar-refractivity contribution in [1.82, 2.24) is 5.32 Å². The molecule has 66 valence electrons. The van der Waals surface area contributed by atoms with Crippen molar-refractivity contribution in [3.05, 3.63) is 0 Å². The molecule has 0 aromatic rings. The van der Waals surface area contributed by atoms with Gasteiger partial charge in [0.25, 0.3) is 0 Å². The lowest BCUT2D eigenvalue weighted by molar-refractivity contribution is 0.110. The van der Waals surface area contributed by atoms with E-state index in [1.54, 1.807) is 0 Å². The molecule has 0 amide bonds. The van der Waals surface area contributed by atoms with E-state index in [0.29, 0.717) is 6.10 Å². The van der Waals surface area contributed by atoms with Crippen LogP contribution in [0.3, 0.4) is 0 Å². The van der Waals surface area contributed by atoms with Gasteiger partial charge in [-0.25, -0.2) is 0 Å². The zero-order valence-electron chi connectivity index (χ0n) is 6.88. The molecule has 1 aliphatic rings. The van der Waals surface area contributed by atoms with Crippen molar-refractivity contribution in [3.63, 3.8) is 0 Å². The molecule has 0 aliphatic carbocycles. The molecule has 1 aliphatic heterocycles. The third-order valence-corrected chi connectivity index (χ3v) is 1.91. The summed E-state index contributed by atoms with van der Waals surface area (Å²) in [4.78, 5) is 0. The van der Waals surface area contributed by atoms with Crippen LogP contribution in [0.2, 0.25) is 0 Å². The zero-order chi connectivity index (χ0) is 7.94. The van der Waals surface area contributed by atoms with Gasteiger partial charge >= 0.3 is 0 Å². The fraction of sp³-hybridized carbons (Fsp3) is 1.00. The molecule has 0 unspecified atom stereocenters. The molecule has 1 atom stereocenters. The molecule has 0 spiro atoms. The van der Waals surface area contributed by atoms with Crippen molar-refractivity contribution in [2.24, 2.45) is 0 Å². The molecule has 11 heavy (non-hydrogen) atoms. The van der Waals surface area contributed by atoms with Gasteiger partial charge in [0.1, 0.15) is 0 Å². The largest absolute Gasteiger partial charge is 0.396 e. The van der Waals surface area contributed by atoms with Gasteiger partial charge in [0, 0.05) is 19.8 Å². The Balaban J connectivity index is 1.86. The van der Waals surface area contributed by atoms with E-state index in [1.807, 2.05) is 0 Å². The Morgan fingerprint density at radius 3 is 3.09 bits per heavy atom. The molecule has 1 saturated heterocycles. The Morgan fingerprint density at radius 1 is 1.55 bits per heavy atom. The van der Waals surface area contributed by atoms with Crippen molar-refractivity contribution >= 4 is 0 Å². The Bertz CT molecular complexity index is 92.1. The summed E-state index contributed by atoms with van der Waals surface area (Å²) in [5.74, 6) is 0. The van der Waals surface area contributed by atoms with E-state index in [4.69, 9.17) is 9.84 Å². The van der Waals surface area contributed by atoms with Gasteiger partial charge in [-0.05, 0) is 25.8 Å². The minimum absolute atomic E-state index is 0.276. The van der Waals surface area contributed by atoms with Crippen LogP contribution in [-0.4, -0.2) is 37.5 Å². The van der Waals surface area contributed by atoms with Crippen LogP contribution in [0, 0.1) is 0 Å². The van der Waals surface area contributed by atoms with Crippen molar-refractivity contribution in [2.45, 2.75) is 25.4 Å². The first-order valence-corrected chi connectivity index (χ1v) is 4.36. The molecule has 0 saturated carbocycles. The number of nitrogens with one attached hydrogen (secondary N) is 1. The molecule has 1 rings (SSSR count). The quantitative estimate of drug-likeness (QED) is 0.561. The van der Waals surface area contributed by atoms with Gasteiger partial charge in [0.2, 0.25) is 0 Å². The van der Waals surface area contributed by atoms with Crippen LogP contribution in [0.25, 0.3) is 0 Å². The van der Waals surface area contributed by atoms with Crippen molar-refractivity contribution in [1.29, 1.82) is 0 Å². The van der Waals surface area contributed by atoms with E-state index < -0.39 is 0 Å². The summed E-state index contributed by atoms with van der Waals surface area (Å²) in [6, 6.07) is 0. The van der Waals surface area contributed by atoms with Gasteiger partial charge in [-0.1, -0.05) is 0 Å². The smallest absolute Gasteiger partial charge is 0.0700 e. The Kier molecular flexibility index (Phi) is 4.50. The van der Waals surface area contributed by atoms with Gasteiger partial charge in [-0.3, -0.25) is 0 Å². The molecule has 0 aromatic heterocycles. The van der Waals surface area contributed by atoms with Crippen molar-refractivity contribution < 1.29 is 9.84 Å². The maximum Gasteiger partial charge on any atom is 0.0700 e. The lowest BCUT2D eigenvalue weighted by atomic mass is 10.2. The highest BCUT2D eigenvalue weighted by atomic mass is 16.5. The SMILES string of the molecule is OCCCNC[C@@H]1CCCO1. The summed E-state index contributed by atoms with van der Waals surface area (Å²) in [6.45, 7) is 3.04. The first-order valence-electron chi connectivity index (χ1n) is 4.36. The minimum atomic E-state index is 0.276. The average Bonchev–Trinajstić information content (AvgIpc) is 2.50. The van der Waals surface area contributed by atoms with Crippen LogP contribution in [0.4, 0.5) is 0 Å². The molecule has 1 fully saturated rings. The fourth-order valence-electron chi connectivity index (χ4n) is 1.27. The number of hydrogen-bond donors (Lipinski definition) is 2. The molecule has 0 aromatic carbocycles. The number of rotatable bonds is 5. The Hall–Kier alpha value is -0.120. The van der Waals surface area contributed by atoms with Gasteiger partial charge in [0.05, 0.1) is 6.10 Å². The van der Waals surface area contributed by atoms with Crippen LogP contribution in [0.5, 0.6) is 0 Å². The summed E-state index contributed by atoms with van der Waals surface area (Å²) >= 11 is 0. The maximum absolute atomic E-state index is 8.49. The summed E-state index contributed by atoms with van der Waals surface area (Å²) in [5, 5.41) is 11.7. The molecule has 3 heteroatoms. The molecule has 1 heterocycles. The standard InChI is InChI=1S/C8H17NO2/c10-5-2-4-9-7-8-3-1-6-11-8/h8-10H,1-7H2/t8-/m0/s1. The highest BCUT2D eigenvalue weighted by Crippen LogP contribution is 2.10. The van der Waals surface area contributed by atoms with Gasteiger partial charge < -0.3 is 15.2 Å². The van der Waals surface area contributed by atoms with E-state index in [1.165, 1.54) is 12.8 Å². The second kappa shape index (κ2) is 5.52. The Morgan fingerprint density at radius 2 is 2.45 bits per heavy atom. The molecule has 0 bridgehead atoms. The second-order valence-corrected chi connectivity index (χ2v) is 2.92. The maximum atomic E-state index is 8.49. The average molecular weight is 159 g/mol. The van der Waals surface area contributed by atoms with Crippen LogP contribution < -0.4 is 5.32 Å². The van der Waals surface area contributed by atoms with Crippen molar-refractivity contribution in [2.75, 3.05) is 26.3 Å². The lowest BCUT2D eigenvalue weighted by Gasteiger charge is -2.09. The highest BCUT2D eigenvalue weighted by molar-refractivity contribution is 4.66. The van der Waals surface area contributed by atoms with Gasteiger partial charge in [0.15, 0.2) is 0 Å². The van der Waals surface area contributed by atoms with E-state index in [-0.39, 0.29) is 6.61 Å². The summed E-state index contributed by atoms with van der Waals surface area (Å²) in [7, 11) is 0. The van der Waals surface area contributed by atoms with Crippen molar-refractivity contribution in [3.8, 4) is 0 Å². The molecular weight excluding hydrogens is 142 g/mol. The van der Waals surface area contributed by atoms with Crippen LogP contribution >= 0.6 is 0 Å². The van der Waals surface area contributed by atoms with Gasteiger partial charge in [-0.15, -0.1) is 0 Å². The summed E-state index contributed by atoms with van der Waals surface area (Å²) in [5.41, 5.74) is 0. The van der Waals surface area contributed by atoms with Crippen LogP contribution in [-0.2, 0) is 4.74 Å². The first-order chi connectivity index (χ1) is 5.43. The number of aliphatic hydroxyl groups is 1. The molecule has 0 radical (unpaired) electrons. The number of aliphatic hydroxyl groups excluding tert-OH is 1. The van der Waals surface area contributed by atoms with E-state index in [0.717, 1.165) is 26.1 Å². The monoisotopic (exact) mass is 159 g/mol. The summed E-state index contributed by atoms with van der Waals surface area (Å²) in [6.07, 6.45) is 3.65. The fourth-order valence-corrected chi connectivity index (χ4v) is 1.27. The second-order valence-electron chi connectivity index (χ2n) is 2.92. The predicted molar refractivity (Wildman–Crippen MR) is 43.5 cm³/mol. The molecular formula is C8H17NO2.